The topological polar surface area (TPSA) is 71.1 Å². The van der Waals surface area contributed by atoms with E-state index in [2.05, 4.69) is 31.0 Å². The fraction of sp³-hybridized carbons (Fsp3) is 0.583. The molecule has 0 amide bonds. The second-order valence-electron chi connectivity index (χ2n) is 5.27. The van der Waals surface area contributed by atoms with Gasteiger partial charge < -0.3 is 5.32 Å². The molecule has 8 heteroatoms. The quantitative estimate of drug-likeness (QED) is 0.836. The third-order valence-corrected chi connectivity index (χ3v) is 5.71. The van der Waals surface area contributed by atoms with Crippen LogP contribution < -0.4 is 10.0 Å². The molecule has 0 radical (unpaired) electrons. The highest BCUT2D eigenvalue weighted by molar-refractivity contribution is 9.10. The van der Waals surface area contributed by atoms with Gasteiger partial charge >= 0.3 is 0 Å². The smallest absolute Gasteiger partial charge is 0.242 e. The molecule has 3 heterocycles. The molecule has 112 valence electrons. The first-order chi connectivity index (χ1) is 9.03. The molecule has 1 aromatic heterocycles. The van der Waals surface area contributed by atoms with E-state index in [-0.39, 0.29) is 23.3 Å². The number of nitrogens with one attached hydrogen (secondary N) is 2. The predicted octanol–water partition coefficient (Wildman–Crippen LogP) is 1.83. The first-order valence-corrected chi connectivity index (χ1v) is 8.69. The SMILES string of the molecule is Cl.O=S(=O)(NC1CC2CCC(C1)N2)c1cncc(Br)c1. The van der Waals surface area contributed by atoms with Gasteiger partial charge in [-0.15, -0.1) is 12.4 Å². The number of hydrogen-bond donors (Lipinski definition) is 2. The minimum atomic E-state index is -3.47. The van der Waals surface area contributed by atoms with E-state index in [1.165, 1.54) is 6.20 Å². The zero-order valence-corrected chi connectivity index (χ0v) is 14.0. The van der Waals surface area contributed by atoms with Crippen LogP contribution in [0.3, 0.4) is 0 Å². The summed E-state index contributed by atoms with van der Waals surface area (Å²) in [6.07, 6.45) is 7.00. The minimum absolute atomic E-state index is 0. The van der Waals surface area contributed by atoms with Crippen molar-refractivity contribution in [1.29, 1.82) is 0 Å². The van der Waals surface area contributed by atoms with E-state index in [4.69, 9.17) is 0 Å². The van der Waals surface area contributed by atoms with E-state index in [1.54, 1.807) is 12.3 Å². The maximum Gasteiger partial charge on any atom is 0.242 e. The summed E-state index contributed by atoms with van der Waals surface area (Å²) in [4.78, 5) is 4.12. The Morgan fingerprint density at radius 2 is 1.90 bits per heavy atom. The van der Waals surface area contributed by atoms with Crippen molar-refractivity contribution in [1.82, 2.24) is 15.0 Å². The van der Waals surface area contributed by atoms with Crippen molar-refractivity contribution < 1.29 is 8.42 Å². The first kappa shape index (κ1) is 16.2. The Balaban J connectivity index is 0.00000147. The highest BCUT2D eigenvalue weighted by Gasteiger charge is 2.35. The number of halogens is 2. The summed E-state index contributed by atoms with van der Waals surface area (Å²) in [5.41, 5.74) is 0. The lowest BCUT2D eigenvalue weighted by molar-refractivity contribution is 0.345. The third kappa shape index (κ3) is 3.51. The molecule has 0 spiro atoms. The number of nitrogens with zero attached hydrogens (tertiary/aromatic N) is 1. The van der Waals surface area contributed by atoms with Crippen molar-refractivity contribution in [2.24, 2.45) is 0 Å². The summed E-state index contributed by atoms with van der Waals surface area (Å²) in [6.45, 7) is 0. The summed E-state index contributed by atoms with van der Waals surface area (Å²) in [5.74, 6) is 0. The van der Waals surface area contributed by atoms with Crippen LogP contribution in [0.2, 0.25) is 0 Å². The number of fused-ring (bicyclic) bond motifs is 2. The van der Waals surface area contributed by atoms with Crippen molar-refractivity contribution in [3.63, 3.8) is 0 Å². The molecule has 2 atom stereocenters. The van der Waals surface area contributed by atoms with E-state index in [0.29, 0.717) is 16.6 Å². The molecule has 2 aliphatic heterocycles. The third-order valence-electron chi connectivity index (χ3n) is 3.78. The molecule has 2 aliphatic rings. The van der Waals surface area contributed by atoms with Crippen molar-refractivity contribution >= 4 is 38.4 Å². The lowest BCUT2D eigenvalue weighted by atomic mass is 10.0. The Morgan fingerprint density at radius 1 is 1.25 bits per heavy atom. The van der Waals surface area contributed by atoms with Crippen LogP contribution in [0.1, 0.15) is 25.7 Å². The molecule has 2 N–H and O–H groups in total. The Kier molecular flexibility index (Phi) is 5.07. The molecule has 0 aromatic carbocycles. The van der Waals surface area contributed by atoms with Crippen LogP contribution in [0, 0.1) is 0 Å². The molecule has 2 fully saturated rings. The fourth-order valence-electron chi connectivity index (χ4n) is 2.98. The van der Waals surface area contributed by atoms with Crippen molar-refractivity contribution in [2.45, 2.75) is 48.7 Å². The van der Waals surface area contributed by atoms with Gasteiger partial charge in [-0.05, 0) is 47.7 Å². The molecule has 5 nitrogen and oxygen atoms in total. The van der Waals surface area contributed by atoms with E-state index in [0.717, 1.165) is 25.7 Å². The van der Waals surface area contributed by atoms with Crippen LogP contribution >= 0.6 is 28.3 Å². The van der Waals surface area contributed by atoms with Gasteiger partial charge in [0.2, 0.25) is 10.0 Å². The van der Waals surface area contributed by atoms with E-state index < -0.39 is 10.0 Å². The van der Waals surface area contributed by atoms with Gasteiger partial charge in [-0.25, -0.2) is 13.1 Å². The zero-order chi connectivity index (χ0) is 13.5. The van der Waals surface area contributed by atoms with Crippen molar-refractivity contribution in [3.8, 4) is 0 Å². The number of piperidine rings is 1. The average molecular weight is 383 g/mol. The van der Waals surface area contributed by atoms with Crippen LogP contribution in [0.4, 0.5) is 0 Å². The number of hydrogen-bond acceptors (Lipinski definition) is 4. The highest BCUT2D eigenvalue weighted by Crippen LogP contribution is 2.27. The Labute approximate surface area is 133 Å². The maximum atomic E-state index is 12.3. The summed E-state index contributed by atoms with van der Waals surface area (Å²) in [6, 6.07) is 2.53. The lowest BCUT2D eigenvalue weighted by Gasteiger charge is -2.29. The van der Waals surface area contributed by atoms with Gasteiger partial charge in [0.05, 0.1) is 0 Å². The van der Waals surface area contributed by atoms with Crippen LogP contribution in [0.5, 0.6) is 0 Å². The van der Waals surface area contributed by atoms with Gasteiger partial charge in [0.1, 0.15) is 4.90 Å². The van der Waals surface area contributed by atoms with Gasteiger partial charge in [-0.1, -0.05) is 0 Å². The van der Waals surface area contributed by atoms with Crippen LogP contribution in [-0.2, 0) is 10.0 Å². The molecular formula is C12H17BrClN3O2S. The molecular weight excluding hydrogens is 366 g/mol. The molecule has 1 aromatic rings. The molecule has 2 saturated heterocycles. The molecule has 2 unspecified atom stereocenters. The second kappa shape index (κ2) is 6.27. The van der Waals surface area contributed by atoms with Crippen molar-refractivity contribution in [2.75, 3.05) is 0 Å². The molecule has 0 aliphatic carbocycles. The molecule has 3 rings (SSSR count). The molecule has 20 heavy (non-hydrogen) atoms. The summed E-state index contributed by atoms with van der Waals surface area (Å²) < 4.78 is 28.1. The number of rotatable bonds is 3. The number of pyridine rings is 1. The van der Waals surface area contributed by atoms with Crippen LogP contribution in [0.15, 0.2) is 27.8 Å². The molecule has 0 saturated carbocycles. The predicted molar refractivity (Wildman–Crippen MR) is 82.5 cm³/mol. The van der Waals surface area contributed by atoms with E-state index >= 15 is 0 Å². The van der Waals surface area contributed by atoms with Crippen molar-refractivity contribution in [3.05, 3.63) is 22.9 Å². The average Bonchev–Trinajstić information content (AvgIpc) is 2.68. The van der Waals surface area contributed by atoms with Crippen LogP contribution in [0.25, 0.3) is 0 Å². The first-order valence-electron chi connectivity index (χ1n) is 6.42. The summed E-state index contributed by atoms with van der Waals surface area (Å²) >= 11 is 3.24. The zero-order valence-electron chi connectivity index (χ0n) is 10.8. The van der Waals surface area contributed by atoms with Gasteiger partial charge in [0.15, 0.2) is 0 Å². The lowest BCUT2D eigenvalue weighted by Crippen LogP contribution is -2.47. The summed E-state index contributed by atoms with van der Waals surface area (Å²) in [5, 5.41) is 3.50. The van der Waals surface area contributed by atoms with Gasteiger partial charge in [-0.3, -0.25) is 4.98 Å². The minimum Gasteiger partial charge on any atom is -0.311 e. The number of aromatic nitrogens is 1. The molecule has 2 bridgehead atoms. The largest absolute Gasteiger partial charge is 0.311 e. The van der Waals surface area contributed by atoms with E-state index in [1.807, 2.05) is 0 Å². The Bertz CT molecular complexity index is 572. The Hall–Kier alpha value is -0.210. The monoisotopic (exact) mass is 381 g/mol. The second-order valence-corrected chi connectivity index (χ2v) is 7.90. The number of sulfonamides is 1. The van der Waals surface area contributed by atoms with Gasteiger partial charge in [0.25, 0.3) is 0 Å². The standard InChI is InChI=1S/C12H16BrN3O2S.ClH/c13-8-3-12(7-14-6-8)19(17,18)16-11-4-9-1-2-10(5-11)15-9;/h3,6-7,9-11,15-16H,1-2,4-5H2;1H. The highest BCUT2D eigenvalue weighted by atomic mass is 79.9. The normalized spacial score (nSPS) is 28.9. The fourth-order valence-corrected chi connectivity index (χ4v) is 4.75. The summed E-state index contributed by atoms with van der Waals surface area (Å²) in [7, 11) is -3.47. The van der Waals surface area contributed by atoms with Gasteiger partial charge in [0, 0.05) is 35.0 Å². The Morgan fingerprint density at radius 3 is 2.50 bits per heavy atom. The van der Waals surface area contributed by atoms with Gasteiger partial charge in [-0.2, -0.15) is 0 Å². The maximum absolute atomic E-state index is 12.3. The van der Waals surface area contributed by atoms with E-state index in [9.17, 15) is 8.42 Å². The van der Waals surface area contributed by atoms with Crippen LogP contribution in [-0.4, -0.2) is 31.5 Å².